The Morgan fingerprint density at radius 1 is 0.526 bits per heavy atom. The predicted octanol–water partition coefficient (Wildman–Crippen LogP) is 2.40. The van der Waals surface area contributed by atoms with Crippen LogP contribution in [0.5, 0.6) is 0 Å². The fraction of sp³-hybridized carbons (Fsp3) is 1.00. The van der Waals surface area contributed by atoms with Gasteiger partial charge in [-0.2, -0.15) is 0 Å². The van der Waals surface area contributed by atoms with E-state index in [1.54, 1.807) is 0 Å². The number of halogens is 1. The maximum Gasteiger partial charge on any atom is 0.0786 e. The van der Waals surface area contributed by atoms with Crippen LogP contribution in [0.15, 0.2) is 0 Å². The van der Waals surface area contributed by atoms with E-state index in [0.717, 1.165) is 0 Å². The fourth-order valence-electron chi connectivity index (χ4n) is 2.90. The topological polar surface area (TPSA) is 0 Å². The van der Waals surface area contributed by atoms with Crippen molar-refractivity contribution in [2.75, 3.05) is 26.2 Å². The highest BCUT2D eigenvalue weighted by molar-refractivity contribution is 4.47. The van der Waals surface area contributed by atoms with Gasteiger partial charge in [-0.3, -0.25) is 0 Å². The summed E-state index contributed by atoms with van der Waals surface area (Å²) >= 11 is 0. The van der Waals surface area contributed by atoms with Gasteiger partial charge < -0.3 is 21.5 Å². The summed E-state index contributed by atoms with van der Waals surface area (Å²) in [4.78, 5) is 0. The molecule has 0 rings (SSSR count). The molecule has 0 radical (unpaired) electrons. The number of rotatable bonds is 13. The second-order valence-electron chi connectivity index (χ2n) is 5.84. The standard InChI is InChI=1S/C17H38N.BrH/c1-5-9-10-11-12-13-14-15-16-17-18(6-2,7-3)8-4;/h5-17H2,1-4H3;1H/q+1;/p-1. The lowest BCUT2D eigenvalue weighted by Crippen LogP contribution is -3.00. The highest BCUT2D eigenvalue weighted by Gasteiger charge is 2.19. The average Bonchev–Trinajstić information content (AvgIpc) is 2.42. The van der Waals surface area contributed by atoms with Gasteiger partial charge in [-0.25, -0.2) is 0 Å². The Hall–Kier alpha value is 0.440. The van der Waals surface area contributed by atoms with E-state index in [2.05, 4.69) is 27.7 Å². The van der Waals surface area contributed by atoms with Gasteiger partial charge in [-0.05, 0) is 33.6 Å². The molecule has 1 nitrogen and oxygen atoms in total. The van der Waals surface area contributed by atoms with E-state index in [9.17, 15) is 0 Å². The molecule has 0 aliphatic heterocycles. The Kier molecular flexibility index (Phi) is 17.0. The summed E-state index contributed by atoms with van der Waals surface area (Å²) in [6.07, 6.45) is 13.0. The quantitative estimate of drug-likeness (QED) is 0.358. The number of hydrogen-bond donors (Lipinski definition) is 0. The molecule has 0 fully saturated rings. The molecule has 0 amide bonds. The molecule has 0 aromatic rings. The third-order valence-electron chi connectivity index (χ3n) is 4.75. The van der Waals surface area contributed by atoms with Crippen molar-refractivity contribution in [1.82, 2.24) is 0 Å². The highest BCUT2D eigenvalue weighted by Crippen LogP contribution is 2.12. The first-order valence-corrected chi connectivity index (χ1v) is 8.59. The molecule has 0 aliphatic rings. The molecule has 118 valence electrons. The number of nitrogens with zero attached hydrogens (tertiary/aromatic N) is 1. The predicted molar refractivity (Wildman–Crippen MR) is 84.0 cm³/mol. The van der Waals surface area contributed by atoms with Crippen molar-refractivity contribution in [3.63, 3.8) is 0 Å². The van der Waals surface area contributed by atoms with Gasteiger partial charge in [0.25, 0.3) is 0 Å². The minimum atomic E-state index is 0. The van der Waals surface area contributed by atoms with Crippen LogP contribution in [0, 0.1) is 0 Å². The van der Waals surface area contributed by atoms with E-state index in [1.807, 2.05) is 0 Å². The molecule has 0 unspecified atom stereocenters. The van der Waals surface area contributed by atoms with Crippen molar-refractivity contribution < 1.29 is 21.5 Å². The molecule has 0 saturated heterocycles. The van der Waals surface area contributed by atoms with Crippen LogP contribution in [0.1, 0.15) is 85.5 Å². The van der Waals surface area contributed by atoms with Crippen molar-refractivity contribution in [1.29, 1.82) is 0 Å². The summed E-state index contributed by atoms with van der Waals surface area (Å²) < 4.78 is 1.33. The molecule has 0 atom stereocenters. The van der Waals surface area contributed by atoms with Crippen LogP contribution in [0.25, 0.3) is 0 Å². The van der Waals surface area contributed by atoms with Crippen LogP contribution < -0.4 is 17.0 Å². The first-order valence-electron chi connectivity index (χ1n) is 8.59. The van der Waals surface area contributed by atoms with Gasteiger partial charge in [0.2, 0.25) is 0 Å². The second kappa shape index (κ2) is 14.8. The van der Waals surface area contributed by atoms with Gasteiger partial charge in [0, 0.05) is 0 Å². The van der Waals surface area contributed by atoms with E-state index in [4.69, 9.17) is 0 Å². The van der Waals surface area contributed by atoms with Crippen molar-refractivity contribution in [3.05, 3.63) is 0 Å². The molecule has 2 heteroatoms. The molecule has 19 heavy (non-hydrogen) atoms. The minimum Gasteiger partial charge on any atom is -1.00 e. The Bertz CT molecular complexity index is 158. The molecule has 0 aromatic carbocycles. The zero-order valence-electron chi connectivity index (χ0n) is 14.0. The summed E-state index contributed by atoms with van der Waals surface area (Å²) in [5, 5.41) is 0. The Labute approximate surface area is 133 Å². The van der Waals surface area contributed by atoms with Gasteiger partial charge in [0.1, 0.15) is 0 Å². The molecular weight excluding hydrogens is 298 g/mol. The first kappa shape index (κ1) is 21.7. The lowest BCUT2D eigenvalue weighted by Gasteiger charge is -2.35. The Morgan fingerprint density at radius 2 is 0.895 bits per heavy atom. The van der Waals surface area contributed by atoms with E-state index in [1.165, 1.54) is 88.4 Å². The fourth-order valence-corrected chi connectivity index (χ4v) is 2.90. The van der Waals surface area contributed by atoms with Gasteiger partial charge in [-0.15, -0.1) is 0 Å². The SMILES string of the molecule is CCCCCCCCCCC[N+](CC)(CC)CC.[Br-]. The number of hydrogen-bond acceptors (Lipinski definition) is 0. The van der Waals surface area contributed by atoms with Crippen LogP contribution in [0.4, 0.5) is 0 Å². The molecule has 0 saturated carbocycles. The van der Waals surface area contributed by atoms with Crippen LogP contribution in [-0.2, 0) is 0 Å². The minimum absolute atomic E-state index is 0. The molecule has 0 N–H and O–H groups in total. The Balaban J connectivity index is 0. The van der Waals surface area contributed by atoms with Crippen LogP contribution >= 0.6 is 0 Å². The summed E-state index contributed by atoms with van der Waals surface area (Å²) in [7, 11) is 0. The largest absolute Gasteiger partial charge is 1.00 e. The monoisotopic (exact) mass is 335 g/mol. The molecule has 0 bridgehead atoms. The second-order valence-corrected chi connectivity index (χ2v) is 5.84. The Morgan fingerprint density at radius 3 is 1.26 bits per heavy atom. The molecule has 0 aromatic heterocycles. The maximum absolute atomic E-state index is 2.35. The van der Waals surface area contributed by atoms with Gasteiger partial charge in [0.05, 0.1) is 26.2 Å². The van der Waals surface area contributed by atoms with E-state index >= 15 is 0 Å². The zero-order valence-corrected chi connectivity index (χ0v) is 15.6. The molecular formula is C17H38BrN. The number of quaternary nitrogens is 1. The number of unbranched alkanes of at least 4 members (excludes halogenated alkanes) is 8. The summed E-state index contributed by atoms with van der Waals surface area (Å²) in [5.41, 5.74) is 0. The van der Waals surface area contributed by atoms with Gasteiger partial charge in [0.15, 0.2) is 0 Å². The van der Waals surface area contributed by atoms with Crippen LogP contribution in [0.2, 0.25) is 0 Å². The average molecular weight is 336 g/mol. The molecule has 0 heterocycles. The normalized spacial score (nSPS) is 11.4. The summed E-state index contributed by atoms with van der Waals surface area (Å²) in [5.74, 6) is 0. The summed E-state index contributed by atoms with van der Waals surface area (Å²) in [6.45, 7) is 14.7. The van der Waals surface area contributed by atoms with Crippen molar-refractivity contribution in [3.8, 4) is 0 Å². The summed E-state index contributed by atoms with van der Waals surface area (Å²) in [6, 6.07) is 0. The van der Waals surface area contributed by atoms with Crippen LogP contribution in [0.3, 0.4) is 0 Å². The van der Waals surface area contributed by atoms with Crippen LogP contribution in [-0.4, -0.2) is 30.7 Å². The lowest BCUT2D eigenvalue weighted by molar-refractivity contribution is -0.923. The van der Waals surface area contributed by atoms with Gasteiger partial charge >= 0.3 is 0 Å². The third kappa shape index (κ3) is 10.8. The molecule has 0 spiro atoms. The molecule has 0 aliphatic carbocycles. The van der Waals surface area contributed by atoms with E-state index < -0.39 is 0 Å². The lowest BCUT2D eigenvalue weighted by atomic mass is 10.1. The van der Waals surface area contributed by atoms with E-state index in [-0.39, 0.29) is 17.0 Å². The van der Waals surface area contributed by atoms with Crippen molar-refractivity contribution >= 4 is 0 Å². The van der Waals surface area contributed by atoms with E-state index in [0.29, 0.717) is 0 Å². The van der Waals surface area contributed by atoms with Gasteiger partial charge in [-0.1, -0.05) is 51.9 Å². The third-order valence-corrected chi connectivity index (χ3v) is 4.75. The first-order chi connectivity index (χ1) is 8.74. The smallest absolute Gasteiger partial charge is 0.0786 e. The highest BCUT2D eigenvalue weighted by atomic mass is 79.9. The maximum atomic E-state index is 2.35. The van der Waals surface area contributed by atoms with Crippen molar-refractivity contribution in [2.24, 2.45) is 0 Å². The zero-order chi connectivity index (χ0) is 13.7. The van der Waals surface area contributed by atoms with Crippen molar-refractivity contribution in [2.45, 2.75) is 85.5 Å².